The summed E-state index contributed by atoms with van der Waals surface area (Å²) >= 11 is 0. The maximum Gasteiger partial charge on any atom is 0.0891 e. The average Bonchev–Trinajstić information content (AvgIpc) is 3.11. The summed E-state index contributed by atoms with van der Waals surface area (Å²) in [6.45, 7) is 8.90. The molecule has 0 bridgehead atoms. The second-order valence-electron chi connectivity index (χ2n) is 6.17. The van der Waals surface area contributed by atoms with Crippen molar-refractivity contribution >= 4 is 0 Å². The summed E-state index contributed by atoms with van der Waals surface area (Å²) in [7, 11) is 0. The zero-order valence-electron chi connectivity index (χ0n) is 11.7. The van der Waals surface area contributed by atoms with E-state index < -0.39 is 0 Å². The molecule has 1 aromatic heterocycles. The molecule has 0 aliphatic heterocycles. The van der Waals surface area contributed by atoms with Crippen LogP contribution in [0.4, 0.5) is 0 Å². The van der Waals surface area contributed by atoms with Crippen LogP contribution >= 0.6 is 0 Å². The first-order valence-corrected chi connectivity index (χ1v) is 6.80. The number of hydrogen-bond donors (Lipinski definition) is 1. The van der Waals surface area contributed by atoms with Crippen molar-refractivity contribution < 1.29 is 4.74 Å². The Kier molecular flexibility index (Phi) is 4.36. The molecule has 1 N–H and O–H groups in total. The van der Waals surface area contributed by atoms with Gasteiger partial charge in [-0.05, 0) is 51.2 Å². The van der Waals surface area contributed by atoms with Crippen LogP contribution in [0.1, 0.15) is 44.9 Å². The minimum Gasteiger partial charge on any atom is -0.375 e. The number of nitrogens with zero attached hydrogens (tertiary/aromatic N) is 1. The number of aromatic nitrogens is 1. The number of hydrogen-bond acceptors (Lipinski definition) is 3. The van der Waals surface area contributed by atoms with E-state index in [-0.39, 0.29) is 5.54 Å². The molecule has 0 amide bonds. The van der Waals surface area contributed by atoms with E-state index in [0.717, 1.165) is 24.8 Å². The summed E-state index contributed by atoms with van der Waals surface area (Å²) in [6.07, 6.45) is 4.51. The SMILES string of the molecule is CC(C)(C)NCc1cccnc1COCC1CC1. The van der Waals surface area contributed by atoms with Crippen molar-refractivity contribution in [3.05, 3.63) is 29.6 Å². The van der Waals surface area contributed by atoms with Crippen LogP contribution in [0, 0.1) is 5.92 Å². The van der Waals surface area contributed by atoms with Crippen LogP contribution in [0.25, 0.3) is 0 Å². The van der Waals surface area contributed by atoms with Gasteiger partial charge in [-0.2, -0.15) is 0 Å². The van der Waals surface area contributed by atoms with Gasteiger partial charge in [0.05, 0.1) is 12.3 Å². The van der Waals surface area contributed by atoms with Crippen molar-refractivity contribution in [1.82, 2.24) is 10.3 Å². The Bertz CT molecular complexity index is 380. The Balaban J connectivity index is 1.87. The van der Waals surface area contributed by atoms with Crippen LogP contribution in [-0.4, -0.2) is 17.1 Å². The van der Waals surface area contributed by atoms with Crippen molar-refractivity contribution in [1.29, 1.82) is 0 Å². The zero-order chi connectivity index (χ0) is 13.0. The van der Waals surface area contributed by atoms with Crippen LogP contribution in [0.5, 0.6) is 0 Å². The van der Waals surface area contributed by atoms with Gasteiger partial charge in [-0.3, -0.25) is 4.98 Å². The topological polar surface area (TPSA) is 34.2 Å². The lowest BCUT2D eigenvalue weighted by Gasteiger charge is -2.21. The Morgan fingerprint density at radius 1 is 1.39 bits per heavy atom. The molecule has 1 aliphatic carbocycles. The largest absolute Gasteiger partial charge is 0.375 e. The van der Waals surface area contributed by atoms with Crippen LogP contribution in [0.2, 0.25) is 0 Å². The van der Waals surface area contributed by atoms with Gasteiger partial charge in [0, 0.05) is 24.9 Å². The van der Waals surface area contributed by atoms with Gasteiger partial charge in [-0.25, -0.2) is 0 Å². The van der Waals surface area contributed by atoms with Gasteiger partial charge in [-0.15, -0.1) is 0 Å². The van der Waals surface area contributed by atoms with Crippen molar-refractivity contribution in [3.63, 3.8) is 0 Å². The summed E-state index contributed by atoms with van der Waals surface area (Å²) < 4.78 is 5.73. The molecule has 1 fully saturated rings. The molecule has 3 nitrogen and oxygen atoms in total. The standard InChI is InChI=1S/C15H24N2O/c1-15(2,3)17-9-13-5-4-8-16-14(13)11-18-10-12-6-7-12/h4-5,8,12,17H,6-7,9-11H2,1-3H3. The van der Waals surface area contributed by atoms with Gasteiger partial charge >= 0.3 is 0 Å². The maximum atomic E-state index is 5.73. The Morgan fingerprint density at radius 3 is 2.83 bits per heavy atom. The van der Waals surface area contributed by atoms with Gasteiger partial charge in [-0.1, -0.05) is 6.07 Å². The van der Waals surface area contributed by atoms with Gasteiger partial charge in [0.1, 0.15) is 0 Å². The van der Waals surface area contributed by atoms with E-state index in [1.807, 2.05) is 12.3 Å². The molecule has 0 atom stereocenters. The first-order chi connectivity index (χ1) is 8.54. The highest BCUT2D eigenvalue weighted by Crippen LogP contribution is 2.29. The van der Waals surface area contributed by atoms with E-state index in [1.165, 1.54) is 18.4 Å². The number of pyridine rings is 1. The van der Waals surface area contributed by atoms with E-state index >= 15 is 0 Å². The minimum absolute atomic E-state index is 0.127. The zero-order valence-corrected chi connectivity index (χ0v) is 11.7. The Hall–Kier alpha value is -0.930. The minimum atomic E-state index is 0.127. The summed E-state index contributed by atoms with van der Waals surface area (Å²) in [6, 6.07) is 4.12. The summed E-state index contributed by atoms with van der Waals surface area (Å²) in [5, 5.41) is 3.49. The van der Waals surface area contributed by atoms with Gasteiger partial charge in [0.2, 0.25) is 0 Å². The van der Waals surface area contributed by atoms with Crippen LogP contribution in [0.3, 0.4) is 0 Å². The molecule has 0 saturated heterocycles. The summed E-state index contributed by atoms with van der Waals surface area (Å²) in [5.74, 6) is 0.810. The van der Waals surface area contributed by atoms with E-state index in [0.29, 0.717) is 6.61 Å². The molecule has 0 unspecified atom stereocenters. The third-order valence-corrected chi connectivity index (χ3v) is 3.08. The molecule has 18 heavy (non-hydrogen) atoms. The molecule has 1 aliphatic rings. The van der Waals surface area contributed by atoms with Gasteiger partial charge < -0.3 is 10.1 Å². The number of rotatable bonds is 6. The highest BCUT2D eigenvalue weighted by molar-refractivity contribution is 5.19. The molecule has 3 heteroatoms. The molecular formula is C15H24N2O. The lowest BCUT2D eigenvalue weighted by atomic mass is 10.1. The molecule has 1 heterocycles. The highest BCUT2D eigenvalue weighted by Gasteiger charge is 2.21. The molecule has 0 radical (unpaired) electrons. The molecule has 2 rings (SSSR count). The predicted octanol–water partition coefficient (Wildman–Crippen LogP) is 2.90. The Labute approximate surface area is 110 Å². The van der Waals surface area contributed by atoms with Crippen molar-refractivity contribution in [2.75, 3.05) is 6.61 Å². The number of ether oxygens (including phenoxy) is 1. The second kappa shape index (κ2) is 5.81. The van der Waals surface area contributed by atoms with Crippen LogP contribution in [-0.2, 0) is 17.9 Å². The normalized spacial score (nSPS) is 15.9. The third-order valence-electron chi connectivity index (χ3n) is 3.08. The lowest BCUT2D eigenvalue weighted by molar-refractivity contribution is 0.108. The highest BCUT2D eigenvalue weighted by atomic mass is 16.5. The fourth-order valence-electron chi connectivity index (χ4n) is 1.73. The molecule has 1 aromatic rings. The molecule has 0 spiro atoms. The smallest absolute Gasteiger partial charge is 0.0891 e. The predicted molar refractivity (Wildman–Crippen MR) is 73.2 cm³/mol. The lowest BCUT2D eigenvalue weighted by Crippen LogP contribution is -2.35. The van der Waals surface area contributed by atoms with Gasteiger partial charge in [0.15, 0.2) is 0 Å². The Morgan fingerprint density at radius 2 is 2.17 bits per heavy atom. The van der Waals surface area contributed by atoms with Crippen molar-refractivity contribution in [2.45, 2.75) is 52.3 Å². The molecule has 0 aromatic carbocycles. The fraction of sp³-hybridized carbons (Fsp3) is 0.667. The fourth-order valence-corrected chi connectivity index (χ4v) is 1.73. The average molecular weight is 248 g/mol. The second-order valence-corrected chi connectivity index (χ2v) is 6.17. The maximum absolute atomic E-state index is 5.73. The molecular weight excluding hydrogens is 224 g/mol. The molecule has 100 valence electrons. The summed E-state index contributed by atoms with van der Waals surface area (Å²) in [5.41, 5.74) is 2.43. The van der Waals surface area contributed by atoms with E-state index in [2.05, 4.69) is 37.1 Å². The van der Waals surface area contributed by atoms with E-state index in [1.54, 1.807) is 0 Å². The van der Waals surface area contributed by atoms with Crippen molar-refractivity contribution in [3.8, 4) is 0 Å². The quantitative estimate of drug-likeness (QED) is 0.840. The third kappa shape index (κ3) is 4.75. The van der Waals surface area contributed by atoms with Crippen LogP contribution in [0.15, 0.2) is 18.3 Å². The number of nitrogens with one attached hydrogen (secondary N) is 1. The van der Waals surface area contributed by atoms with E-state index in [4.69, 9.17) is 4.74 Å². The monoisotopic (exact) mass is 248 g/mol. The first kappa shape index (κ1) is 13.5. The van der Waals surface area contributed by atoms with Crippen LogP contribution < -0.4 is 5.32 Å². The molecule has 1 saturated carbocycles. The van der Waals surface area contributed by atoms with Gasteiger partial charge in [0.25, 0.3) is 0 Å². The van der Waals surface area contributed by atoms with Crippen molar-refractivity contribution in [2.24, 2.45) is 5.92 Å². The van der Waals surface area contributed by atoms with E-state index in [9.17, 15) is 0 Å². The summed E-state index contributed by atoms with van der Waals surface area (Å²) in [4.78, 5) is 4.43. The first-order valence-electron chi connectivity index (χ1n) is 6.80.